The zero-order valence-electron chi connectivity index (χ0n) is 59.0. The quantitative estimate of drug-likeness (QED) is 0.0138. The number of amides is 11. The van der Waals surface area contributed by atoms with E-state index in [2.05, 4.69) is 62.8 Å². The van der Waals surface area contributed by atoms with Crippen molar-refractivity contribution >= 4 is 110 Å². The first kappa shape index (κ1) is 81.0. The summed E-state index contributed by atoms with van der Waals surface area (Å²) < 4.78 is 0. The van der Waals surface area contributed by atoms with E-state index >= 15 is 9.59 Å². The number of aliphatic hydroxyl groups excluding tert-OH is 1. The first-order valence-corrected chi connectivity index (χ1v) is 35.0. The summed E-state index contributed by atoms with van der Waals surface area (Å²) in [5.74, 6) is -9.85. The van der Waals surface area contributed by atoms with Crippen molar-refractivity contribution in [1.82, 2.24) is 57.7 Å². The number of H-pyrrole nitrogens is 1. The Bertz CT molecular complexity index is 4110. The summed E-state index contributed by atoms with van der Waals surface area (Å²) in [6.07, 6.45) is 1.57. The lowest BCUT2D eigenvalue weighted by molar-refractivity contribution is -0.142. The molecule has 5 aromatic carbocycles. The zero-order chi connectivity index (χ0) is 76.4. The average molecular weight is 1470 g/mol. The van der Waals surface area contributed by atoms with E-state index in [0.29, 0.717) is 44.6 Å². The van der Waals surface area contributed by atoms with Crippen LogP contribution in [0, 0.1) is 5.92 Å². The van der Waals surface area contributed by atoms with Crippen molar-refractivity contribution in [2.24, 2.45) is 44.6 Å². The number of nitrogens with one attached hydrogen (secondary N) is 10. The second-order valence-corrected chi connectivity index (χ2v) is 26.8. The number of nitrogens with zero attached hydrogens (tertiary/aromatic N) is 3. The molecule has 22 N–H and O–H groups in total. The van der Waals surface area contributed by atoms with Crippen molar-refractivity contribution in [2.45, 2.75) is 159 Å². The maximum atomic E-state index is 15.0. The molecule has 2 heterocycles. The average Bonchev–Trinajstić information content (AvgIpc) is 1.73. The van der Waals surface area contributed by atoms with Gasteiger partial charge in [0.2, 0.25) is 65.0 Å². The first-order chi connectivity index (χ1) is 50.0. The van der Waals surface area contributed by atoms with E-state index in [0.717, 1.165) is 10.8 Å². The van der Waals surface area contributed by atoms with Crippen molar-refractivity contribution in [1.29, 1.82) is 0 Å². The Labute approximate surface area is 612 Å². The monoisotopic (exact) mass is 1470 g/mol. The molecule has 6 aromatic rings. The molecule has 1 aliphatic rings. The predicted octanol–water partition coefficient (Wildman–Crippen LogP) is -0.0244. The van der Waals surface area contributed by atoms with Gasteiger partial charge in [-0.05, 0) is 121 Å². The Hall–Kier alpha value is -11.3. The number of primary amides is 1. The standard InChI is InChI=1S/C73H95ClN18O13/c1-40(2)32-59(71(105)92-31-11-18-61(92)70(104)83-41(3)62(75)96)90-64(98)54(17-10-30-81-73(78)79)85-63(97)53(16-9-29-80-72(76)77)86-66(100)56(35-44-22-27-50(95)28-23-44)88-69(103)60(39-93)91-68(102)58(37-48-38-82-52-15-8-7-14-51(48)52)89-67(101)57(34-43-20-25-49(74)26-21-43)87-65(99)55(84-42(4)94)36-45-19-24-46-12-5-6-13-47(46)33-45/h5-8,12-15,19-28,33,38,40-41,53-61,82,93,95H,9-11,16-18,29-32,34-37,39H2,1-4H3,(H2,75,96)(H,83,104)(H,84,94)(H,85,97)(H,86,100)(H,87,99)(H,88,103)(H,89,101)(H,90,98)(H,91,102)(H4,76,77,80)(H4,78,79,81)/t41-,53-,54+,55-,56-,57-,58-,59+,60+,61-/m1/s1. The summed E-state index contributed by atoms with van der Waals surface area (Å²) in [6.45, 7) is 5.32. The fraction of sp³-hybridized carbons (Fsp3) is 0.411. The van der Waals surface area contributed by atoms with E-state index in [9.17, 15) is 53.4 Å². The third-order valence-electron chi connectivity index (χ3n) is 17.6. The molecule has 31 nitrogen and oxygen atoms in total. The molecular weight excluding hydrogens is 1370 g/mol. The molecule has 7 rings (SSSR count). The maximum absolute atomic E-state index is 15.0. The number of benzene rings is 5. The molecule has 0 saturated carbocycles. The number of phenols is 1. The molecule has 1 aromatic heterocycles. The van der Waals surface area contributed by atoms with Gasteiger partial charge >= 0.3 is 0 Å². The molecule has 32 heteroatoms. The van der Waals surface area contributed by atoms with E-state index in [4.69, 9.17) is 40.3 Å². The van der Waals surface area contributed by atoms with Gasteiger partial charge in [0.1, 0.15) is 66.2 Å². The van der Waals surface area contributed by atoms with E-state index in [-0.39, 0.29) is 107 Å². The smallest absolute Gasteiger partial charge is 0.245 e. The van der Waals surface area contributed by atoms with Crippen LogP contribution in [0.15, 0.2) is 131 Å². The molecule has 0 bridgehead atoms. The number of nitrogens with two attached hydrogens (primary N) is 5. The van der Waals surface area contributed by atoms with Gasteiger partial charge < -0.3 is 96.6 Å². The van der Waals surface area contributed by atoms with Crippen molar-refractivity contribution in [3.05, 3.63) is 149 Å². The summed E-state index contributed by atoms with van der Waals surface area (Å²) in [5.41, 5.74) is 30.7. The van der Waals surface area contributed by atoms with Crippen LogP contribution < -0.4 is 76.5 Å². The number of hydrogen-bond donors (Lipinski definition) is 17. The van der Waals surface area contributed by atoms with Gasteiger partial charge in [-0.15, -0.1) is 0 Å². The van der Waals surface area contributed by atoms with Crippen molar-refractivity contribution in [3.8, 4) is 5.75 Å². The van der Waals surface area contributed by atoms with E-state index in [1.165, 1.54) is 43.0 Å². The number of carbonyl (C=O) groups excluding carboxylic acids is 11. The van der Waals surface area contributed by atoms with Crippen LogP contribution >= 0.6 is 11.6 Å². The number of aromatic nitrogens is 1. The van der Waals surface area contributed by atoms with Crippen molar-refractivity contribution in [2.75, 3.05) is 26.2 Å². The summed E-state index contributed by atoms with van der Waals surface area (Å²) >= 11 is 6.26. The van der Waals surface area contributed by atoms with Crippen molar-refractivity contribution in [3.63, 3.8) is 0 Å². The molecule has 1 aliphatic heterocycles. The molecule has 11 amide bonds. The van der Waals surface area contributed by atoms with Crippen LogP contribution in [0.25, 0.3) is 21.7 Å². The minimum Gasteiger partial charge on any atom is -0.508 e. The highest BCUT2D eigenvalue weighted by molar-refractivity contribution is 6.30. The molecule has 562 valence electrons. The molecule has 0 unspecified atom stereocenters. The Morgan fingerprint density at radius 2 is 1.00 bits per heavy atom. The Morgan fingerprint density at radius 3 is 1.53 bits per heavy atom. The van der Waals surface area contributed by atoms with Gasteiger partial charge in [-0.2, -0.15) is 0 Å². The van der Waals surface area contributed by atoms with Gasteiger partial charge in [-0.1, -0.05) is 110 Å². The van der Waals surface area contributed by atoms with Gasteiger partial charge in [-0.25, -0.2) is 0 Å². The van der Waals surface area contributed by atoms with Crippen LogP contribution in [0.1, 0.15) is 94.9 Å². The highest BCUT2D eigenvalue weighted by atomic mass is 35.5. The van der Waals surface area contributed by atoms with Crippen molar-refractivity contribution < 1.29 is 63.0 Å². The van der Waals surface area contributed by atoms with Gasteiger partial charge in [0, 0.05) is 74.4 Å². The Morgan fingerprint density at radius 1 is 0.543 bits per heavy atom. The second kappa shape index (κ2) is 39.3. The lowest BCUT2D eigenvalue weighted by Gasteiger charge is -2.31. The predicted molar refractivity (Wildman–Crippen MR) is 396 cm³/mol. The number of fused-ring (bicyclic) bond motifs is 2. The number of carbonyl (C=O) groups is 11. The largest absolute Gasteiger partial charge is 0.508 e. The number of aromatic amines is 1. The highest BCUT2D eigenvalue weighted by Crippen LogP contribution is 2.24. The highest BCUT2D eigenvalue weighted by Gasteiger charge is 2.41. The number of likely N-dealkylation sites (tertiary alicyclic amines) is 1. The van der Waals surface area contributed by atoms with Crippen LogP contribution in [-0.2, 0) is 78.4 Å². The molecular formula is C73H95ClN18O13. The Balaban J connectivity index is 1.16. The third-order valence-corrected chi connectivity index (χ3v) is 17.8. The molecule has 105 heavy (non-hydrogen) atoms. The van der Waals surface area contributed by atoms with E-state index < -0.39 is 132 Å². The number of hydrogen-bond acceptors (Lipinski definition) is 15. The lowest BCUT2D eigenvalue weighted by atomic mass is 9.99. The minimum atomic E-state index is -1.85. The normalized spacial score (nSPS) is 15.2. The molecule has 0 spiro atoms. The number of para-hydroxylation sites is 1. The fourth-order valence-electron chi connectivity index (χ4n) is 12.2. The van der Waals surface area contributed by atoms with Crippen LogP contribution in [-0.4, -0.2) is 184 Å². The number of aliphatic hydroxyl groups is 1. The van der Waals surface area contributed by atoms with Crippen LogP contribution in [0.5, 0.6) is 5.75 Å². The Kier molecular flexibility index (Phi) is 30.3. The molecule has 0 aliphatic carbocycles. The molecule has 1 saturated heterocycles. The number of rotatable bonds is 38. The maximum Gasteiger partial charge on any atom is 0.245 e. The minimum absolute atomic E-state index is 0.00136. The van der Waals surface area contributed by atoms with E-state index in [1.54, 1.807) is 54.7 Å². The number of guanidine groups is 2. The SMILES string of the molecule is CC(=O)N[C@H](Cc1ccc2ccccc2c1)C(=O)N[C@H](Cc1ccc(Cl)cc1)C(=O)N[C@H](Cc1c[nH]c2ccccc12)C(=O)N[C@@H](CO)C(=O)N[C@H](Cc1ccc(O)cc1)C(=O)N[C@H](CCCN=C(N)N)C(=O)N[C@@H](CCCN=C(N)N)C(=O)N[C@@H](CC(C)C)C(=O)N1CCC[C@@H]1C(=O)N[C@H](C)C(N)=O. The first-order valence-electron chi connectivity index (χ1n) is 34.6. The fourth-order valence-corrected chi connectivity index (χ4v) is 12.3. The van der Waals surface area contributed by atoms with Crippen LogP contribution in [0.4, 0.5) is 0 Å². The third kappa shape index (κ3) is 25.0. The van der Waals surface area contributed by atoms with E-state index in [1.807, 2.05) is 56.3 Å². The van der Waals surface area contributed by atoms with Crippen LogP contribution in [0.2, 0.25) is 5.02 Å². The van der Waals surface area contributed by atoms with Crippen LogP contribution in [0.3, 0.4) is 0 Å². The summed E-state index contributed by atoms with van der Waals surface area (Å²) in [6, 6.07) is 18.5. The zero-order valence-corrected chi connectivity index (χ0v) is 59.8. The second-order valence-electron chi connectivity index (χ2n) is 26.4. The van der Waals surface area contributed by atoms with Gasteiger partial charge in [-0.3, -0.25) is 62.7 Å². The summed E-state index contributed by atoms with van der Waals surface area (Å²) in [4.78, 5) is 169. The number of phenolic OH excluding ortho intramolecular Hbond substituents is 1. The number of aliphatic imine (C=N–C) groups is 2. The topological polar surface area (TPSA) is 510 Å². The lowest BCUT2D eigenvalue weighted by Crippen LogP contribution is -2.61. The van der Waals surface area contributed by atoms with Gasteiger partial charge in [0.05, 0.1) is 6.61 Å². The number of halogens is 1. The molecule has 10 atom stereocenters. The molecule has 0 radical (unpaired) electrons. The summed E-state index contributed by atoms with van der Waals surface area (Å²) in [7, 11) is 0. The summed E-state index contributed by atoms with van der Waals surface area (Å²) in [5, 5.41) is 48.3. The van der Waals surface area contributed by atoms with Gasteiger partial charge in [0.15, 0.2) is 11.9 Å². The number of aromatic hydroxyl groups is 1. The van der Waals surface area contributed by atoms with Gasteiger partial charge in [0.25, 0.3) is 0 Å². The molecule has 1 fully saturated rings.